The maximum Gasteiger partial charge on any atom is 0.522 e. The molecule has 0 N–H and O–H groups in total. The van der Waals surface area contributed by atoms with Crippen LogP contribution in [-0.2, 0) is 11.3 Å². The van der Waals surface area contributed by atoms with Crippen LogP contribution < -0.4 is 23.8 Å². The zero-order chi connectivity index (χ0) is 36.5. The van der Waals surface area contributed by atoms with Crippen molar-refractivity contribution in [1.29, 1.82) is 0 Å². The third kappa shape index (κ3) is 9.36. The van der Waals surface area contributed by atoms with E-state index in [1.807, 2.05) is 53.1 Å². The van der Waals surface area contributed by atoms with Crippen molar-refractivity contribution in [2.75, 3.05) is 86.3 Å². The van der Waals surface area contributed by atoms with Gasteiger partial charge in [0, 0.05) is 51.3 Å². The minimum Gasteiger partial charge on any atom is -0.497 e. The average molecular weight is 714 g/mol. The number of para-hydroxylation sites is 2. The number of carbonyl (C=O) groups is 1. The molecule has 1 aliphatic heterocycles. The Morgan fingerprint density at radius 2 is 1.59 bits per heavy atom. The minimum absolute atomic E-state index is 0.0177. The van der Waals surface area contributed by atoms with Gasteiger partial charge in [0.05, 0.1) is 46.1 Å². The van der Waals surface area contributed by atoms with Gasteiger partial charge < -0.3 is 38.2 Å². The lowest BCUT2D eigenvalue weighted by Gasteiger charge is -2.28. The van der Waals surface area contributed by atoms with Gasteiger partial charge in [0.1, 0.15) is 5.75 Å². The molecule has 1 fully saturated rings. The number of nitrogens with zero attached hydrogens (tertiary/aromatic N) is 5. The van der Waals surface area contributed by atoms with Gasteiger partial charge in [-0.2, -0.15) is 0 Å². The van der Waals surface area contributed by atoms with Crippen LogP contribution in [0.2, 0.25) is 0 Å². The summed E-state index contributed by atoms with van der Waals surface area (Å²) in [6.07, 6.45) is -3.05. The quantitative estimate of drug-likeness (QED) is 0.146. The summed E-state index contributed by atoms with van der Waals surface area (Å²) >= 11 is 0. The molecule has 14 heteroatoms. The number of hydrogen-bond donors (Lipinski definition) is 0. The molecule has 0 spiro atoms. The predicted octanol–water partition coefficient (Wildman–Crippen LogP) is 6.07. The summed E-state index contributed by atoms with van der Waals surface area (Å²) in [7, 11) is 7.97. The van der Waals surface area contributed by atoms with Crippen molar-refractivity contribution < 1.29 is 41.7 Å². The zero-order valence-corrected chi connectivity index (χ0v) is 29.7. The maximum absolute atomic E-state index is 13.7. The Morgan fingerprint density at radius 3 is 2.24 bits per heavy atom. The lowest BCUT2D eigenvalue weighted by atomic mass is 9.94. The third-order valence-electron chi connectivity index (χ3n) is 9.22. The van der Waals surface area contributed by atoms with Crippen LogP contribution in [0.1, 0.15) is 34.7 Å². The molecular weight excluding hydrogens is 667 g/mol. The van der Waals surface area contributed by atoms with Gasteiger partial charge in [-0.3, -0.25) is 9.53 Å². The lowest BCUT2D eigenvalue weighted by Crippen LogP contribution is -2.35. The van der Waals surface area contributed by atoms with Crippen molar-refractivity contribution in [3.05, 3.63) is 71.8 Å². The molecule has 2 heterocycles. The number of alkyl halides is 3. The van der Waals surface area contributed by atoms with E-state index in [0.29, 0.717) is 48.4 Å². The second-order valence-corrected chi connectivity index (χ2v) is 12.4. The van der Waals surface area contributed by atoms with Crippen LogP contribution in [0, 0.1) is 0 Å². The SMILES string of the molecule is COc1ccc(C(CCN2CCCN(c3nc4ccccc4n3CCOC(F)(F)F)CC2)CN(C)C(=O)c2cc(OC)c(OC)c(OC)c2)cc1. The molecule has 4 aromatic rings. The number of rotatable bonds is 15. The van der Waals surface area contributed by atoms with Crippen molar-refractivity contribution in [3.8, 4) is 23.0 Å². The highest BCUT2D eigenvalue weighted by Crippen LogP contribution is 2.38. The average Bonchev–Trinajstić information content (AvgIpc) is 3.33. The predicted molar refractivity (Wildman–Crippen MR) is 188 cm³/mol. The molecule has 0 radical (unpaired) electrons. The molecule has 5 rings (SSSR count). The van der Waals surface area contributed by atoms with Crippen molar-refractivity contribution >= 4 is 22.9 Å². The number of likely N-dealkylation sites (N-methyl/N-ethyl adjacent to an activating group) is 1. The maximum atomic E-state index is 13.7. The van der Waals surface area contributed by atoms with E-state index in [9.17, 15) is 18.0 Å². The Bertz CT molecular complexity index is 1720. The van der Waals surface area contributed by atoms with E-state index in [0.717, 1.165) is 54.8 Å². The number of methoxy groups -OCH3 is 4. The second-order valence-electron chi connectivity index (χ2n) is 12.4. The van der Waals surface area contributed by atoms with Gasteiger partial charge in [0.2, 0.25) is 11.7 Å². The molecule has 0 saturated carbocycles. The molecule has 51 heavy (non-hydrogen) atoms. The summed E-state index contributed by atoms with van der Waals surface area (Å²) in [5, 5.41) is 0. The fourth-order valence-electron chi connectivity index (χ4n) is 6.59. The van der Waals surface area contributed by atoms with Gasteiger partial charge in [-0.15, -0.1) is 13.2 Å². The third-order valence-corrected chi connectivity index (χ3v) is 9.22. The first-order valence-corrected chi connectivity index (χ1v) is 16.9. The summed E-state index contributed by atoms with van der Waals surface area (Å²) in [5.74, 6) is 2.46. The number of aromatic nitrogens is 2. The molecule has 276 valence electrons. The second kappa shape index (κ2) is 17.0. The Kier molecular flexibility index (Phi) is 12.5. The van der Waals surface area contributed by atoms with Crippen molar-refractivity contribution in [2.24, 2.45) is 0 Å². The van der Waals surface area contributed by atoms with E-state index in [2.05, 4.69) is 14.5 Å². The summed E-state index contributed by atoms with van der Waals surface area (Å²) in [5.41, 5.74) is 3.01. The Labute approximate surface area is 296 Å². The number of imidazole rings is 1. The van der Waals surface area contributed by atoms with Crippen LogP contribution in [0.5, 0.6) is 23.0 Å². The molecule has 1 aromatic heterocycles. The molecular formula is C37H46F3N5O6. The topological polar surface area (TPSA) is 90.8 Å². The molecule has 0 bridgehead atoms. The van der Waals surface area contributed by atoms with Crippen LogP contribution >= 0.6 is 0 Å². The minimum atomic E-state index is -4.69. The lowest BCUT2D eigenvalue weighted by molar-refractivity contribution is -0.325. The molecule has 1 amide bonds. The van der Waals surface area contributed by atoms with E-state index in [4.69, 9.17) is 23.9 Å². The van der Waals surface area contributed by atoms with Crippen LogP contribution in [0.25, 0.3) is 11.0 Å². The normalized spacial score (nSPS) is 14.6. The van der Waals surface area contributed by atoms with E-state index >= 15 is 0 Å². The van der Waals surface area contributed by atoms with Crippen LogP contribution in [-0.4, -0.2) is 113 Å². The van der Waals surface area contributed by atoms with Crippen molar-refractivity contribution in [2.45, 2.75) is 31.7 Å². The largest absolute Gasteiger partial charge is 0.522 e. The van der Waals surface area contributed by atoms with E-state index in [1.54, 1.807) is 31.2 Å². The highest BCUT2D eigenvalue weighted by molar-refractivity contribution is 5.95. The fourth-order valence-corrected chi connectivity index (χ4v) is 6.59. The zero-order valence-electron chi connectivity index (χ0n) is 29.7. The molecule has 3 aromatic carbocycles. The standard InChI is InChI=1S/C37H46F3N5O6/c1-42(35(46)28-23-32(48-3)34(50-5)33(24-28)49-4)25-27(26-11-13-29(47-2)14-12-26)15-18-43-16-8-17-44(20-19-43)36-41-30-9-6-7-10-31(30)45(36)21-22-51-37(38,39)40/h6-7,9-14,23-24,27H,8,15-22,25H2,1-5H3. The van der Waals surface area contributed by atoms with E-state index in [-0.39, 0.29) is 18.4 Å². The first-order valence-electron chi connectivity index (χ1n) is 16.9. The van der Waals surface area contributed by atoms with Crippen molar-refractivity contribution in [1.82, 2.24) is 19.4 Å². The smallest absolute Gasteiger partial charge is 0.497 e. The highest BCUT2D eigenvalue weighted by Gasteiger charge is 2.30. The first-order chi connectivity index (χ1) is 24.5. The van der Waals surface area contributed by atoms with Crippen molar-refractivity contribution in [3.63, 3.8) is 0 Å². The number of hydrogen-bond acceptors (Lipinski definition) is 9. The van der Waals surface area contributed by atoms with Gasteiger partial charge in [-0.05, 0) is 67.9 Å². The molecule has 1 unspecified atom stereocenters. The molecule has 1 saturated heterocycles. The summed E-state index contributed by atoms with van der Waals surface area (Å²) in [6, 6.07) is 18.7. The van der Waals surface area contributed by atoms with Gasteiger partial charge in [-0.25, -0.2) is 4.98 Å². The van der Waals surface area contributed by atoms with Gasteiger partial charge in [-0.1, -0.05) is 24.3 Å². The Balaban J connectivity index is 1.29. The molecule has 11 nitrogen and oxygen atoms in total. The number of fused-ring (bicyclic) bond motifs is 1. The summed E-state index contributed by atoms with van der Waals surface area (Å²) in [4.78, 5) is 24.8. The number of carbonyl (C=O) groups excluding carboxylic acids is 1. The summed E-state index contributed by atoms with van der Waals surface area (Å²) < 4.78 is 66.1. The fraction of sp³-hybridized carbons (Fsp3) is 0.459. The number of halogens is 3. The number of amides is 1. The first kappa shape index (κ1) is 37.6. The van der Waals surface area contributed by atoms with Gasteiger partial charge in [0.25, 0.3) is 5.91 Å². The number of anilines is 1. The van der Waals surface area contributed by atoms with Crippen LogP contribution in [0.3, 0.4) is 0 Å². The molecule has 1 atom stereocenters. The molecule has 0 aliphatic carbocycles. The number of benzene rings is 3. The Morgan fingerprint density at radius 1 is 0.882 bits per heavy atom. The van der Waals surface area contributed by atoms with E-state index < -0.39 is 13.0 Å². The Hall–Kier alpha value is -4.69. The summed E-state index contributed by atoms with van der Waals surface area (Å²) in [6.45, 7) is 3.76. The number of ether oxygens (including phenoxy) is 5. The highest BCUT2D eigenvalue weighted by atomic mass is 19.4. The monoisotopic (exact) mass is 713 g/mol. The van der Waals surface area contributed by atoms with Crippen LogP contribution in [0.4, 0.5) is 19.1 Å². The van der Waals surface area contributed by atoms with Crippen LogP contribution in [0.15, 0.2) is 60.7 Å². The molecule has 1 aliphatic rings. The van der Waals surface area contributed by atoms with Gasteiger partial charge in [0.15, 0.2) is 11.5 Å². The van der Waals surface area contributed by atoms with E-state index in [1.165, 1.54) is 21.3 Å². The van der Waals surface area contributed by atoms with Gasteiger partial charge >= 0.3 is 6.36 Å².